The molecule has 9 rings (SSSR count). The van der Waals surface area contributed by atoms with Gasteiger partial charge in [-0.2, -0.15) is 0 Å². The number of hydrogen-bond acceptors (Lipinski definition) is 8. The van der Waals surface area contributed by atoms with Crippen molar-refractivity contribution in [3.63, 3.8) is 0 Å². The summed E-state index contributed by atoms with van der Waals surface area (Å²) in [5.41, 5.74) is 9.41. The second-order valence-electron chi connectivity index (χ2n) is 12.5. The summed E-state index contributed by atoms with van der Waals surface area (Å²) in [7, 11) is 0. The third-order valence-corrected chi connectivity index (χ3v) is 9.73. The molecule has 8 bridgehead atoms. The SMILES string of the molecule is CCn1ccnc1C1=C2C=CC(=N2)C(c2nccn2CC)=C2C=CC(=N2)C(c2nccn2CC)=C2C=CC(=N2)C(c2nccn2CC)=C2C=CC1=N2. The van der Waals surface area contributed by atoms with Crippen molar-refractivity contribution in [2.45, 2.75) is 53.9 Å². The molecule has 5 aliphatic rings. The lowest BCUT2D eigenvalue weighted by atomic mass is 10.1. The maximum absolute atomic E-state index is 5.32. The van der Waals surface area contributed by atoms with Crippen LogP contribution in [-0.4, -0.2) is 61.1 Å². The Hall–Kier alpha value is -6.56. The maximum atomic E-state index is 5.32. The molecule has 0 saturated carbocycles. The summed E-state index contributed by atoms with van der Waals surface area (Å²) in [4.78, 5) is 40.6. The van der Waals surface area contributed by atoms with Gasteiger partial charge >= 0.3 is 0 Å². The second kappa shape index (κ2) is 12.6. The van der Waals surface area contributed by atoms with Crippen molar-refractivity contribution < 1.29 is 0 Å². The average Bonchev–Trinajstić information content (AvgIpc) is 4.02. The molecule has 12 nitrogen and oxygen atoms in total. The molecule has 0 atom stereocenters. The van der Waals surface area contributed by atoms with Gasteiger partial charge < -0.3 is 18.3 Å². The average molecular weight is 685 g/mol. The number of imidazole rings is 4. The topological polar surface area (TPSA) is 121 Å². The van der Waals surface area contributed by atoms with E-state index in [9.17, 15) is 0 Å². The van der Waals surface area contributed by atoms with E-state index in [4.69, 9.17) is 39.9 Å². The molecule has 5 aliphatic heterocycles. The minimum absolute atomic E-state index is 0.742. The van der Waals surface area contributed by atoms with Gasteiger partial charge in [-0.15, -0.1) is 0 Å². The summed E-state index contributed by atoms with van der Waals surface area (Å²) < 4.78 is 8.47. The molecular weight excluding hydrogens is 649 g/mol. The largest absolute Gasteiger partial charge is 0.331 e. The van der Waals surface area contributed by atoms with E-state index in [1.54, 1.807) is 0 Å². The van der Waals surface area contributed by atoms with Crippen molar-refractivity contribution in [1.29, 1.82) is 0 Å². The van der Waals surface area contributed by atoms with Crippen molar-refractivity contribution in [2.24, 2.45) is 20.0 Å². The second-order valence-corrected chi connectivity index (χ2v) is 12.5. The molecule has 256 valence electrons. The predicted octanol–water partition coefficient (Wildman–Crippen LogP) is 6.55. The summed E-state index contributed by atoms with van der Waals surface area (Å²) in [6, 6.07) is 0. The Kier molecular flexibility index (Phi) is 7.64. The fraction of sp³-hybridized carbons (Fsp3) is 0.200. The zero-order valence-electron chi connectivity index (χ0n) is 29.4. The highest BCUT2D eigenvalue weighted by Gasteiger charge is 2.31. The minimum atomic E-state index is 0.742. The van der Waals surface area contributed by atoms with Crippen molar-refractivity contribution in [2.75, 3.05) is 0 Å². The molecule has 12 heteroatoms. The first-order chi connectivity index (χ1) is 25.6. The third kappa shape index (κ3) is 4.97. The highest BCUT2D eigenvalue weighted by atomic mass is 15.1. The van der Waals surface area contributed by atoms with Gasteiger partial charge in [-0.05, 0) is 76.3 Å². The number of aryl methyl sites for hydroxylation is 4. The molecule has 4 aromatic rings. The molecule has 0 N–H and O–H groups in total. The molecule has 0 unspecified atom stereocenters. The van der Waals surface area contributed by atoms with Crippen LogP contribution in [0.4, 0.5) is 0 Å². The molecule has 52 heavy (non-hydrogen) atoms. The van der Waals surface area contributed by atoms with Gasteiger partial charge in [0.1, 0.15) is 23.3 Å². The zero-order chi connectivity index (χ0) is 35.3. The van der Waals surface area contributed by atoms with E-state index >= 15 is 0 Å². The summed E-state index contributed by atoms with van der Waals surface area (Å²) in [5, 5.41) is 0. The van der Waals surface area contributed by atoms with Crippen LogP contribution >= 0.6 is 0 Å². The first-order valence-corrected chi connectivity index (χ1v) is 17.7. The van der Waals surface area contributed by atoms with Crippen LogP contribution in [-0.2, 0) is 26.2 Å². The number of aliphatic imine (C=N–C) groups is 4. The number of hydrogen-bond donors (Lipinski definition) is 0. The predicted molar refractivity (Wildman–Crippen MR) is 206 cm³/mol. The molecule has 0 spiro atoms. The van der Waals surface area contributed by atoms with Crippen molar-refractivity contribution in [3.05, 3.63) is 144 Å². The molecule has 0 amide bonds. The van der Waals surface area contributed by atoms with E-state index in [1.807, 2.05) is 98.2 Å². The van der Waals surface area contributed by atoms with E-state index in [0.29, 0.717) is 0 Å². The van der Waals surface area contributed by atoms with Crippen LogP contribution < -0.4 is 0 Å². The van der Waals surface area contributed by atoms with Crippen molar-refractivity contribution in [1.82, 2.24) is 38.2 Å². The molecular formula is C40H36N12. The van der Waals surface area contributed by atoms with Crippen LogP contribution in [0.5, 0.6) is 0 Å². The van der Waals surface area contributed by atoms with E-state index in [-0.39, 0.29) is 0 Å². The van der Waals surface area contributed by atoms with Crippen molar-refractivity contribution in [3.8, 4) is 0 Å². The lowest BCUT2D eigenvalue weighted by Gasteiger charge is -2.13. The minimum Gasteiger partial charge on any atom is -0.331 e. The van der Waals surface area contributed by atoms with E-state index in [1.165, 1.54) is 0 Å². The number of nitrogens with zero attached hydrogens (tertiary/aromatic N) is 12. The van der Waals surface area contributed by atoms with E-state index in [0.717, 1.165) is 117 Å². The van der Waals surface area contributed by atoms with Crippen LogP contribution in [0.3, 0.4) is 0 Å². The monoisotopic (exact) mass is 684 g/mol. The fourth-order valence-electron chi connectivity index (χ4n) is 7.17. The Morgan fingerprint density at radius 3 is 0.788 bits per heavy atom. The smallest absolute Gasteiger partial charge is 0.144 e. The third-order valence-electron chi connectivity index (χ3n) is 9.73. The van der Waals surface area contributed by atoms with Gasteiger partial charge in [-0.25, -0.2) is 39.9 Å². The van der Waals surface area contributed by atoms with Crippen LogP contribution in [0.15, 0.2) is 141 Å². The van der Waals surface area contributed by atoms with Gasteiger partial charge in [0.25, 0.3) is 0 Å². The molecule has 9 heterocycles. The quantitative estimate of drug-likeness (QED) is 0.209. The Morgan fingerprint density at radius 2 is 0.577 bits per heavy atom. The van der Waals surface area contributed by atoms with Gasteiger partial charge in [-0.1, -0.05) is 0 Å². The van der Waals surface area contributed by atoms with Gasteiger partial charge in [-0.3, -0.25) is 0 Å². The number of allylic oxidation sites excluding steroid dienone is 12. The molecule has 0 fully saturated rings. The lowest BCUT2D eigenvalue weighted by Crippen LogP contribution is -2.10. The summed E-state index contributed by atoms with van der Waals surface area (Å²) in [6.07, 6.45) is 31.6. The maximum Gasteiger partial charge on any atom is 0.144 e. The van der Waals surface area contributed by atoms with Gasteiger partial charge in [0, 0.05) is 75.8 Å². The Bertz CT molecular complexity index is 2190. The van der Waals surface area contributed by atoms with Crippen LogP contribution in [0.2, 0.25) is 0 Å². The Morgan fingerprint density at radius 1 is 0.346 bits per heavy atom. The van der Waals surface area contributed by atoms with Gasteiger partial charge in [0.15, 0.2) is 0 Å². The number of fused-ring (bicyclic) bond motifs is 4. The fourth-order valence-corrected chi connectivity index (χ4v) is 7.17. The normalized spacial score (nSPS) is 17.8. The van der Waals surface area contributed by atoms with E-state index in [2.05, 4.69) is 46.0 Å². The summed E-state index contributed by atoms with van der Waals surface area (Å²) in [6.45, 7) is 11.4. The van der Waals surface area contributed by atoms with Crippen molar-refractivity contribution >= 4 is 45.1 Å². The number of rotatable bonds is 8. The van der Waals surface area contributed by atoms with E-state index < -0.39 is 0 Å². The Balaban J connectivity index is 1.39. The highest BCUT2D eigenvalue weighted by molar-refractivity contribution is 6.39. The first-order valence-electron chi connectivity index (χ1n) is 17.7. The first kappa shape index (κ1) is 31.4. The molecule has 4 aromatic heterocycles. The standard InChI is InChI=1S/C40H36N12/c1-5-49-21-17-41-37(49)33-25-9-11-27(45-25)34(38-42-18-22-50(38)6-2)29-13-15-31(47-29)36(40-44-20-24-52(40)8-4)32-16-14-30(48-32)35(28-12-10-26(33)46-28)39-43-19-23-51(39)7-3/h9-24H,5-8H2,1-4H3. The van der Waals surface area contributed by atoms with Crippen LogP contribution in [0.25, 0.3) is 22.3 Å². The van der Waals surface area contributed by atoms with Crippen LogP contribution in [0.1, 0.15) is 51.0 Å². The van der Waals surface area contributed by atoms with Gasteiger partial charge in [0.2, 0.25) is 0 Å². The van der Waals surface area contributed by atoms with Crippen LogP contribution in [0, 0.1) is 0 Å². The summed E-state index contributed by atoms with van der Waals surface area (Å²) in [5.74, 6) is 3.16. The summed E-state index contributed by atoms with van der Waals surface area (Å²) >= 11 is 0. The highest BCUT2D eigenvalue weighted by Crippen LogP contribution is 2.37. The Labute approximate surface area is 300 Å². The molecule has 0 saturated heterocycles. The zero-order valence-corrected chi connectivity index (χ0v) is 29.4. The molecule has 0 aliphatic carbocycles. The lowest BCUT2D eigenvalue weighted by molar-refractivity contribution is 0.749. The van der Waals surface area contributed by atoms with Gasteiger partial charge in [0.05, 0.1) is 67.9 Å². The number of aromatic nitrogens is 8. The molecule has 0 aromatic carbocycles. The molecule has 0 radical (unpaired) electrons.